The van der Waals surface area contributed by atoms with Crippen LogP contribution in [0.25, 0.3) is 22.2 Å². The summed E-state index contributed by atoms with van der Waals surface area (Å²) in [5, 5.41) is 4.31. The van der Waals surface area contributed by atoms with Crippen LogP contribution in [0.4, 0.5) is 0 Å². The molecule has 190 valence electrons. The zero-order valence-corrected chi connectivity index (χ0v) is 21.4. The van der Waals surface area contributed by atoms with Crippen molar-refractivity contribution in [2.24, 2.45) is 0 Å². The van der Waals surface area contributed by atoms with Crippen molar-refractivity contribution in [3.63, 3.8) is 0 Å². The van der Waals surface area contributed by atoms with Crippen molar-refractivity contribution < 1.29 is 14.3 Å². The highest BCUT2D eigenvalue weighted by Gasteiger charge is 2.25. The van der Waals surface area contributed by atoms with Crippen LogP contribution in [0.5, 0.6) is 5.75 Å². The fourth-order valence-corrected chi connectivity index (χ4v) is 5.22. The number of amides is 2. The molecule has 6 heteroatoms. The van der Waals surface area contributed by atoms with E-state index >= 15 is 0 Å². The smallest absolute Gasteiger partial charge is 0.251 e. The molecule has 5 rings (SSSR count). The molecule has 0 radical (unpaired) electrons. The quantitative estimate of drug-likeness (QED) is 0.355. The summed E-state index contributed by atoms with van der Waals surface area (Å²) in [5.41, 5.74) is 6.04. The van der Waals surface area contributed by atoms with Crippen LogP contribution in [0.1, 0.15) is 40.7 Å². The third-order valence-electron chi connectivity index (χ3n) is 7.35. The molecule has 3 aromatic carbocycles. The Morgan fingerprint density at radius 2 is 1.68 bits per heavy atom. The predicted molar refractivity (Wildman–Crippen MR) is 147 cm³/mol. The van der Waals surface area contributed by atoms with Crippen molar-refractivity contribution in [2.45, 2.75) is 38.6 Å². The molecule has 37 heavy (non-hydrogen) atoms. The van der Waals surface area contributed by atoms with Crippen LogP contribution < -0.4 is 10.1 Å². The number of nitrogens with zero attached hydrogens (tertiary/aromatic N) is 1. The Hall–Kier alpha value is -4.06. The van der Waals surface area contributed by atoms with E-state index in [2.05, 4.69) is 22.4 Å². The minimum atomic E-state index is -0.0340. The minimum absolute atomic E-state index is 0.0340. The van der Waals surface area contributed by atoms with Crippen molar-refractivity contribution in [1.29, 1.82) is 0 Å². The summed E-state index contributed by atoms with van der Waals surface area (Å²) in [4.78, 5) is 31.3. The third kappa shape index (κ3) is 5.38. The van der Waals surface area contributed by atoms with Crippen molar-refractivity contribution in [2.75, 3.05) is 20.2 Å². The Bertz CT molecular complexity index is 1400. The molecule has 1 saturated heterocycles. The van der Waals surface area contributed by atoms with E-state index in [-0.39, 0.29) is 17.9 Å². The third-order valence-corrected chi connectivity index (χ3v) is 7.35. The number of aryl methyl sites for hydroxylation is 2. The first kappa shape index (κ1) is 24.6. The van der Waals surface area contributed by atoms with Gasteiger partial charge in [0.2, 0.25) is 5.91 Å². The van der Waals surface area contributed by atoms with E-state index in [9.17, 15) is 9.59 Å². The van der Waals surface area contributed by atoms with Gasteiger partial charge in [-0.15, -0.1) is 0 Å². The van der Waals surface area contributed by atoms with E-state index in [4.69, 9.17) is 4.74 Å². The number of carbonyl (C=O) groups excluding carboxylic acids is 2. The fraction of sp³-hybridized carbons (Fsp3) is 0.290. The number of para-hydroxylation sites is 1. The average molecular weight is 496 g/mol. The number of piperidine rings is 1. The van der Waals surface area contributed by atoms with Crippen LogP contribution in [-0.2, 0) is 11.2 Å². The number of rotatable bonds is 7. The monoisotopic (exact) mass is 495 g/mol. The van der Waals surface area contributed by atoms with Crippen molar-refractivity contribution in [1.82, 2.24) is 15.2 Å². The Balaban J connectivity index is 1.22. The van der Waals surface area contributed by atoms with E-state index < -0.39 is 0 Å². The van der Waals surface area contributed by atoms with Gasteiger partial charge in [-0.1, -0.05) is 36.4 Å². The molecule has 0 atom stereocenters. The first-order valence-corrected chi connectivity index (χ1v) is 12.9. The normalized spacial score (nSPS) is 14.1. The number of benzene rings is 3. The van der Waals surface area contributed by atoms with E-state index in [0.717, 1.165) is 51.9 Å². The molecule has 4 aromatic rings. The van der Waals surface area contributed by atoms with Gasteiger partial charge in [0.15, 0.2) is 0 Å². The van der Waals surface area contributed by atoms with Crippen LogP contribution in [-0.4, -0.2) is 47.9 Å². The molecule has 0 unspecified atom stereocenters. The number of hydrogen-bond acceptors (Lipinski definition) is 3. The molecule has 1 aliphatic rings. The maximum Gasteiger partial charge on any atom is 0.251 e. The lowest BCUT2D eigenvalue weighted by molar-refractivity contribution is -0.132. The molecule has 6 nitrogen and oxygen atoms in total. The van der Waals surface area contributed by atoms with Crippen molar-refractivity contribution in [3.05, 3.63) is 89.5 Å². The highest BCUT2D eigenvalue weighted by molar-refractivity contribution is 5.95. The van der Waals surface area contributed by atoms with Gasteiger partial charge in [0, 0.05) is 47.7 Å². The highest BCUT2D eigenvalue weighted by atomic mass is 16.5. The number of nitrogens with one attached hydrogen (secondary N) is 2. The lowest BCUT2D eigenvalue weighted by atomic mass is 9.99. The topological polar surface area (TPSA) is 74.4 Å². The molecule has 0 spiro atoms. The number of fused-ring (bicyclic) bond motifs is 1. The SMILES string of the molecule is COc1ccc(-c2[nH]c3ccccc3c2CCC(=O)N2CCC(NC(=O)c3ccccc3C)CC2)cc1. The summed E-state index contributed by atoms with van der Waals surface area (Å²) in [6, 6.07) is 24.0. The van der Waals surface area contributed by atoms with Crippen molar-refractivity contribution in [3.8, 4) is 17.0 Å². The Morgan fingerprint density at radius 3 is 2.41 bits per heavy atom. The van der Waals surface area contributed by atoms with E-state index in [1.54, 1.807) is 7.11 Å². The van der Waals surface area contributed by atoms with E-state index in [1.807, 2.05) is 72.5 Å². The maximum absolute atomic E-state index is 13.2. The van der Waals surface area contributed by atoms with Crippen LogP contribution >= 0.6 is 0 Å². The molecular weight excluding hydrogens is 462 g/mol. The van der Waals surface area contributed by atoms with Gasteiger partial charge in [-0.2, -0.15) is 0 Å². The van der Waals surface area contributed by atoms with Crippen molar-refractivity contribution >= 4 is 22.7 Å². The minimum Gasteiger partial charge on any atom is -0.497 e. The number of methoxy groups -OCH3 is 1. The summed E-state index contributed by atoms with van der Waals surface area (Å²) in [7, 11) is 1.66. The first-order chi connectivity index (χ1) is 18.0. The van der Waals surface area contributed by atoms with Crippen LogP contribution in [0, 0.1) is 6.92 Å². The number of aromatic amines is 1. The number of H-pyrrole nitrogens is 1. The molecule has 2 amide bonds. The second kappa shape index (κ2) is 10.9. The number of hydrogen-bond donors (Lipinski definition) is 2. The fourth-order valence-electron chi connectivity index (χ4n) is 5.22. The summed E-state index contributed by atoms with van der Waals surface area (Å²) in [5.74, 6) is 0.943. The lowest BCUT2D eigenvalue weighted by Crippen LogP contribution is -2.46. The standard InChI is InChI=1S/C31H33N3O3/c1-21-7-3-4-8-25(21)31(36)32-23-17-19-34(20-18-23)29(35)16-15-27-26-9-5-6-10-28(26)33-30(27)22-11-13-24(37-2)14-12-22/h3-14,23,33H,15-20H2,1-2H3,(H,32,36). The van der Waals surface area contributed by atoms with Gasteiger partial charge in [-0.05, 0) is 79.3 Å². The van der Waals surface area contributed by atoms with Crippen LogP contribution in [0.15, 0.2) is 72.8 Å². The number of carbonyl (C=O) groups is 2. The number of aromatic nitrogens is 1. The van der Waals surface area contributed by atoms with Crippen LogP contribution in [0.2, 0.25) is 0 Å². The predicted octanol–water partition coefficient (Wildman–Crippen LogP) is 5.51. The zero-order chi connectivity index (χ0) is 25.8. The average Bonchev–Trinajstić information content (AvgIpc) is 3.31. The Labute approximate surface area is 217 Å². The van der Waals surface area contributed by atoms with Gasteiger partial charge in [0.05, 0.1) is 7.11 Å². The number of ether oxygens (including phenoxy) is 1. The zero-order valence-electron chi connectivity index (χ0n) is 21.4. The molecule has 1 aromatic heterocycles. The second-order valence-corrected chi connectivity index (χ2v) is 9.70. The van der Waals surface area contributed by atoms with E-state index in [1.165, 1.54) is 0 Å². The summed E-state index contributed by atoms with van der Waals surface area (Å²) >= 11 is 0. The first-order valence-electron chi connectivity index (χ1n) is 12.9. The maximum atomic E-state index is 13.2. The lowest BCUT2D eigenvalue weighted by Gasteiger charge is -2.32. The molecular formula is C31H33N3O3. The molecule has 0 bridgehead atoms. The highest BCUT2D eigenvalue weighted by Crippen LogP contribution is 2.32. The van der Waals surface area contributed by atoms with Gasteiger partial charge in [0.25, 0.3) is 5.91 Å². The molecule has 1 aliphatic heterocycles. The molecule has 2 N–H and O–H groups in total. The Morgan fingerprint density at radius 1 is 0.973 bits per heavy atom. The van der Waals surface area contributed by atoms with Gasteiger partial charge in [-0.25, -0.2) is 0 Å². The summed E-state index contributed by atoms with van der Waals surface area (Å²) in [6.45, 7) is 3.28. The van der Waals surface area contributed by atoms with Gasteiger partial charge < -0.3 is 19.9 Å². The molecule has 0 aliphatic carbocycles. The summed E-state index contributed by atoms with van der Waals surface area (Å²) < 4.78 is 5.31. The second-order valence-electron chi connectivity index (χ2n) is 9.70. The molecule has 2 heterocycles. The molecule has 1 fully saturated rings. The number of likely N-dealkylation sites (tertiary alicyclic amines) is 1. The van der Waals surface area contributed by atoms with E-state index in [0.29, 0.717) is 31.5 Å². The van der Waals surface area contributed by atoms with Gasteiger partial charge in [-0.3, -0.25) is 9.59 Å². The summed E-state index contributed by atoms with van der Waals surface area (Å²) in [6.07, 6.45) is 2.65. The Kier molecular flexibility index (Phi) is 7.26. The van der Waals surface area contributed by atoms with Gasteiger partial charge >= 0.3 is 0 Å². The van der Waals surface area contributed by atoms with Crippen LogP contribution in [0.3, 0.4) is 0 Å². The van der Waals surface area contributed by atoms with Gasteiger partial charge in [0.1, 0.15) is 5.75 Å². The molecule has 0 saturated carbocycles. The largest absolute Gasteiger partial charge is 0.497 e.